The van der Waals surface area contributed by atoms with Gasteiger partial charge in [-0.15, -0.1) is 0 Å². The van der Waals surface area contributed by atoms with Crippen molar-refractivity contribution in [2.75, 3.05) is 5.33 Å². The number of benzene rings is 2. The van der Waals surface area contributed by atoms with Gasteiger partial charge in [0.25, 0.3) is 0 Å². The van der Waals surface area contributed by atoms with E-state index in [2.05, 4.69) is 15.9 Å². The van der Waals surface area contributed by atoms with Gasteiger partial charge in [0, 0.05) is 5.33 Å². The normalized spacial score (nSPS) is 11.6. The minimum absolute atomic E-state index is 0.616. The molecule has 0 aliphatic rings. The third kappa shape index (κ3) is 3.38. The summed E-state index contributed by atoms with van der Waals surface area (Å²) in [5.74, 6) is 0. The maximum Gasteiger partial charge on any atom is 0.416 e. The third-order valence-electron chi connectivity index (χ3n) is 2.90. The van der Waals surface area contributed by atoms with Crippen molar-refractivity contribution in [2.24, 2.45) is 0 Å². The van der Waals surface area contributed by atoms with Crippen LogP contribution in [0.1, 0.15) is 11.1 Å². The predicted octanol–water partition coefficient (Wildman–Crippen LogP) is 5.31. The van der Waals surface area contributed by atoms with Gasteiger partial charge in [0.1, 0.15) is 0 Å². The van der Waals surface area contributed by atoms with Crippen molar-refractivity contribution >= 4 is 15.9 Å². The summed E-state index contributed by atoms with van der Waals surface area (Å²) in [5, 5.41) is 0.824. The van der Waals surface area contributed by atoms with Gasteiger partial charge in [0.15, 0.2) is 0 Å². The van der Waals surface area contributed by atoms with E-state index in [4.69, 9.17) is 0 Å². The molecule has 0 spiro atoms. The summed E-state index contributed by atoms with van der Waals surface area (Å²) in [7, 11) is 0. The minimum Gasteiger partial charge on any atom is -0.166 e. The summed E-state index contributed by atoms with van der Waals surface area (Å²) in [6, 6.07) is 13.1. The van der Waals surface area contributed by atoms with E-state index in [-0.39, 0.29) is 0 Å². The van der Waals surface area contributed by atoms with Crippen molar-refractivity contribution in [2.45, 2.75) is 12.6 Å². The predicted molar refractivity (Wildman–Crippen MR) is 74.4 cm³/mol. The molecule has 19 heavy (non-hydrogen) atoms. The zero-order valence-electron chi connectivity index (χ0n) is 10.0. The van der Waals surface area contributed by atoms with Crippen LogP contribution in [-0.4, -0.2) is 5.33 Å². The standard InChI is InChI=1S/C15H12BrF3/c16-10-9-11-3-1-2-4-14(11)12-5-7-13(8-6-12)15(17,18)19/h1-8H,9-10H2. The average molecular weight is 329 g/mol. The molecule has 2 aromatic carbocycles. The molecular formula is C15H12BrF3. The number of rotatable bonds is 3. The van der Waals surface area contributed by atoms with E-state index in [1.807, 2.05) is 24.3 Å². The van der Waals surface area contributed by atoms with Crippen LogP contribution in [0.3, 0.4) is 0 Å². The number of halogens is 4. The highest BCUT2D eigenvalue weighted by Gasteiger charge is 2.29. The van der Waals surface area contributed by atoms with E-state index in [1.165, 1.54) is 12.1 Å². The average Bonchev–Trinajstić information content (AvgIpc) is 2.39. The van der Waals surface area contributed by atoms with Gasteiger partial charge in [-0.25, -0.2) is 0 Å². The van der Waals surface area contributed by atoms with Crippen LogP contribution in [0.4, 0.5) is 13.2 Å². The molecule has 2 rings (SSSR count). The minimum atomic E-state index is -4.28. The Morgan fingerprint density at radius 2 is 1.53 bits per heavy atom. The molecule has 0 amide bonds. The van der Waals surface area contributed by atoms with Gasteiger partial charge in [-0.2, -0.15) is 13.2 Å². The molecular weight excluding hydrogens is 317 g/mol. The number of hydrogen-bond donors (Lipinski definition) is 0. The second-order valence-corrected chi connectivity index (χ2v) is 4.96. The summed E-state index contributed by atoms with van der Waals surface area (Å²) in [6.45, 7) is 0. The Bertz CT molecular complexity index is 544. The molecule has 0 aliphatic heterocycles. The fourth-order valence-electron chi connectivity index (χ4n) is 1.96. The van der Waals surface area contributed by atoms with Crippen LogP contribution >= 0.6 is 15.9 Å². The lowest BCUT2D eigenvalue weighted by Crippen LogP contribution is -2.04. The van der Waals surface area contributed by atoms with Gasteiger partial charge in [-0.1, -0.05) is 52.3 Å². The molecule has 0 aromatic heterocycles. The quantitative estimate of drug-likeness (QED) is 0.670. The van der Waals surface area contributed by atoms with Gasteiger partial charge in [0.05, 0.1) is 5.56 Å². The van der Waals surface area contributed by atoms with E-state index < -0.39 is 11.7 Å². The zero-order chi connectivity index (χ0) is 13.9. The Morgan fingerprint density at radius 1 is 0.895 bits per heavy atom. The lowest BCUT2D eigenvalue weighted by molar-refractivity contribution is -0.137. The lowest BCUT2D eigenvalue weighted by atomic mass is 9.97. The summed E-state index contributed by atoms with van der Waals surface area (Å²) in [5.41, 5.74) is 2.30. The van der Waals surface area contributed by atoms with Crippen LogP contribution in [0.15, 0.2) is 48.5 Å². The fraction of sp³-hybridized carbons (Fsp3) is 0.200. The molecule has 0 bridgehead atoms. The number of aryl methyl sites for hydroxylation is 1. The highest BCUT2D eigenvalue weighted by atomic mass is 79.9. The monoisotopic (exact) mass is 328 g/mol. The van der Waals surface area contributed by atoms with Crippen molar-refractivity contribution in [1.29, 1.82) is 0 Å². The Morgan fingerprint density at radius 3 is 2.11 bits per heavy atom. The molecule has 0 nitrogen and oxygen atoms in total. The lowest BCUT2D eigenvalue weighted by Gasteiger charge is -2.10. The summed E-state index contributed by atoms with van der Waals surface area (Å²) in [6.07, 6.45) is -3.44. The Kier molecular flexibility index (Phi) is 4.30. The summed E-state index contributed by atoms with van der Waals surface area (Å²) < 4.78 is 37.5. The summed E-state index contributed by atoms with van der Waals surface area (Å²) in [4.78, 5) is 0. The zero-order valence-corrected chi connectivity index (χ0v) is 11.6. The molecule has 0 radical (unpaired) electrons. The van der Waals surface area contributed by atoms with Gasteiger partial charge in [0.2, 0.25) is 0 Å². The maximum atomic E-state index is 12.5. The molecule has 0 saturated carbocycles. The topological polar surface area (TPSA) is 0 Å². The molecule has 0 N–H and O–H groups in total. The first-order chi connectivity index (χ1) is 9.02. The molecule has 0 fully saturated rings. The highest BCUT2D eigenvalue weighted by Crippen LogP contribution is 2.31. The van der Waals surface area contributed by atoms with Crippen molar-refractivity contribution in [3.8, 4) is 11.1 Å². The van der Waals surface area contributed by atoms with Gasteiger partial charge in [-0.05, 0) is 35.2 Å². The van der Waals surface area contributed by atoms with Crippen LogP contribution in [0.5, 0.6) is 0 Å². The van der Waals surface area contributed by atoms with Gasteiger partial charge in [-0.3, -0.25) is 0 Å². The SMILES string of the molecule is FC(F)(F)c1ccc(-c2ccccc2CCBr)cc1. The largest absolute Gasteiger partial charge is 0.416 e. The molecule has 0 atom stereocenters. The first kappa shape index (κ1) is 14.1. The number of alkyl halides is 4. The Balaban J connectivity index is 2.37. The Labute approximate surface area is 118 Å². The van der Waals surface area contributed by atoms with E-state index in [9.17, 15) is 13.2 Å². The molecule has 0 aliphatic carbocycles. The van der Waals surface area contributed by atoms with E-state index in [1.54, 1.807) is 0 Å². The molecule has 4 heteroatoms. The molecule has 0 saturated heterocycles. The van der Waals surface area contributed by atoms with Crippen molar-refractivity contribution in [3.05, 3.63) is 59.7 Å². The first-order valence-electron chi connectivity index (χ1n) is 5.84. The van der Waals surface area contributed by atoms with Crippen molar-refractivity contribution in [3.63, 3.8) is 0 Å². The molecule has 2 aromatic rings. The van der Waals surface area contributed by atoms with Crippen LogP contribution in [-0.2, 0) is 12.6 Å². The van der Waals surface area contributed by atoms with Crippen LogP contribution in [0.25, 0.3) is 11.1 Å². The second kappa shape index (κ2) is 5.78. The molecule has 0 unspecified atom stereocenters. The van der Waals surface area contributed by atoms with Crippen LogP contribution in [0, 0.1) is 0 Å². The van der Waals surface area contributed by atoms with Gasteiger partial charge >= 0.3 is 6.18 Å². The van der Waals surface area contributed by atoms with Crippen LogP contribution in [0.2, 0.25) is 0 Å². The van der Waals surface area contributed by atoms with E-state index in [0.717, 1.165) is 40.6 Å². The van der Waals surface area contributed by atoms with Gasteiger partial charge < -0.3 is 0 Å². The number of hydrogen-bond acceptors (Lipinski definition) is 0. The van der Waals surface area contributed by atoms with Crippen molar-refractivity contribution < 1.29 is 13.2 Å². The highest BCUT2D eigenvalue weighted by molar-refractivity contribution is 9.09. The second-order valence-electron chi connectivity index (χ2n) is 4.17. The van der Waals surface area contributed by atoms with E-state index >= 15 is 0 Å². The third-order valence-corrected chi connectivity index (χ3v) is 3.30. The van der Waals surface area contributed by atoms with E-state index in [0.29, 0.717) is 0 Å². The Hall–Kier alpha value is -1.29. The first-order valence-corrected chi connectivity index (χ1v) is 6.96. The van der Waals surface area contributed by atoms with Crippen LogP contribution < -0.4 is 0 Å². The smallest absolute Gasteiger partial charge is 0.166 e. The molecule has 100 valence electrons. The maximum absolute atomic E-state index is 12.5. The van der Waals surface area contributed by atoms with Crippen molar-refractivity contribution in [1.82, 2.24) is 0 Å². The molecule has 0 heterocycles. The fourth-order valence-corrected chi connectivity index (χ4v) is 2.39. The summed E-state index contributed by atoms with van der Waals surface area (Å²) >= 11 is 3.38.